The summed E-state index contributed by atoms with van der Waals surface area (Å²) in [6, 6.07) is 3.43. The number of halogens is 2. The van der Waals surface area contributed by atoms with Crippen molar-refractivity contribution in [3.63, 3.8) is 0 Å². The van der Waals surface area contributed by atoms with Crippen LogP contribution in [0, 0.1) is 12.8 Å². The fraction of sp³-hybridized carbons (Fsp3) is 0.273. The molecule has 1 aromatic rings. The Kier molecular flexibility index (Phi) is 4.98. The zero-order chi connectivity index (χ0) is 13.9. The van der Waals surface area contributed by atoms with Gasteiger partial charge in [0.05, 0.1) is 11.6 Å². The van der Waals surface area contributed by atoms with Crippen molar-refractivity contribution in [3.05, 3.63) is 27.2 Å². The number of hydrogen-bond acceptors (Lipinski definition) is 3. The number of aryl methyl sites for hydroxylation is 1. The van der Waals surface area contributed by atoms with Crippen molar-refractivity contribution < 1.29 is 10.0 Å². The van der Waals surface area contributed by atoms with E-state index in [1.807, 2.05) is 6.92 Å². The van der Waals surface area contributed by atoms with Gasteiger partial charge < -0.3 is 16.3 Å². The van der Waals surface area contributed by atoms with Gasteiger partial charge in [0.1, 0.15) is 0 Å². The molecule has 5 nitrogen and oxygen atoms in total. The van der Waals surface area contributed by atoms with Crippen LogP contribution in [0.2, 0.25) is 5.02 Å². The summed E-state index contributed by atoms with van der Waals surface area (Å²) in [5.41, 5.74) is 6.79. The minimum Gasteiger partial charge on any atom is -0.409 e. The third-order valence-electron chi connectivity index (χ3n) is 2.46. The molecule has 0 fully saturated rings. The number of nitrogens with two attached hydrogens (primary N) is 1. The standard InChI is InChI=1S/C11H13BrClN3O2/c1-5-3-7(12)9(4-8(5)13)15-11(17)6(2)10(14)16-18/h3-4,6,18H,1-2H3,(H2,14,16)(H,15,17). The van der Waals surface area contributed by atoms with Gasteiger partial charge in [-0.3, -0.25) is 4.79 Å². The lowest BCUT2D eigenvalue weighted by Crippen LogP contribution is -2.32. The summed E-state index contributed by atoms with van der Waals surface area (Å²) in [6.07, 6.45) is 0. The van der Waals surface area contributed by atoms with Gasteiger partial charge in [0.2, 0.25) is 5.91 Å². The molecule has 4 N–H and O–H groups in total. The molecule has 1 rings (SSSR count). The lowest BCUT2D eigenvalue weighted by Gasteiger charge is -2.13. The highest BCUT2D eigenvalue weighted by atomic mass is 79.9. The van der Waals surface area contributed by atoms with Crippen LogP contribution in [0.5, 0.6) is 0 Å². The molecule has 98 valence electrons. The van der Waals surface area contributed by atoms with Crippen LogP contribution in [0.4, 0.5) is 5.69 Å². The molecule has 0 saturated heterocycles. The number of nitrogens with one attached hydrogen (secondary N) is 1. The second-order valence-corrected chi connectivity index (χ2v) is 5.08. The van der Waals surface area contributed by atoms with Gasteiger partial charge in [-0.15, -0.1) is 0 Å². The van der Waals surface area contributed by atoms with E-state index in [0.717, 1.165) is 5.56 Å². The maximum Gasteiger partial charge on any atom is 0.234 e. The molecule has 0 aromatic heterocycles. The third-order valence-corrected chi connectivity index (χ3v) is 3.52. The Hall–Kier alpha value is -1.27. The first-order chi connectivity index (χ1) is 8.36. The molecular formula is C11H13BrClN3O2. The van der Waals surface area contributed by atoms with E-state index in [0.29, 0.717) is 15.2 Å². The zero-order valence-electron chi connectivity index (χ0n) is 9.87. The van der Waals surface area contributed by atoms with Crippen LogP contribution in [0.3, 0.4) is 0 Å². The van der Waals surface area contributed by atoms with Crippen molar-refractivity contribution >= 4 is 45.0 Å². The molecule has 0 bridgehead atoms. The predicted octanol–water partition coefficient (Wildman–Crippen LogP) is 2.73. The summed E-state index contributed by atoms with van der Waals surface area (Å²) in [4.78, 5) is 11.8. The average Bonchev–Trinajstić information content (AvgIpc) is 2.33. The average molecular weight is 335 g/mol. The lowest BCUT2D eigenvalue weighted by molar-refractivity contribution is -0.117. The van der Waals surface area contributed by atoms with Gasteiger partial charge in [-0.2, -0.15) is 0 Å². The van der Waals surface area contributed by atoms with Gasteiger partial charge in [-0.25, -0.2) is 0 Å². The molecule has 1 atom stereocenters. The maximum absolute atomic E-state index is 11.8. The van der Waals surface area contributed by atoms with E-state index in [1.54, 1.807) is 12.1 Å². The van der Waals surface area contributed by atoms with Crippen molar-refractivity contribution in [3.8, 4) is 0 Å². The Morgan fingerprint density at radius 2 is 2.22 bits per heavy atom. The van der Waals surface area contributed by atoms with E-state index >= 15 is 0 Å². The number of oxime groups is 1. The van der Waals surface area contributed by atoms with Crippen LogP contribution in [-0.4, -0.2) is 17.0 Å². The van der Waals surface area contributed by atoms with E-state index in [4.69, 9.17) is 22.5 Å². The molecule has 0 radical (unpaired) electrons. The fourth-order valence-electron chi connectivity index (χ4n) is 1.20. The third kappa shape index (κ3) is 3.36. The Balaban J connectivity index is 2.92. The topological polar surface area (TPSA) is 87.7 Å². The zero-order valence-corrected chi connectivity index (χ0v) is 12.2. The van der Waals surface area contributed by atoms with Crippen molar-refractivity contribution in [2.75, 3.05) is 5.32 Å². The predicted molar refractivity (Wildman–Crippen MR) is 75.1 cm³/mol. The molecule has 1 aromatic carbocycles. The van der Waals surface area contributed by atoms with Crippen molar-refractivity contribution in [1.82, 2.24) is 0 Å². The highest BCUT2D eigenvalue weighted by Gasteiger charge is 2.18. The number of nitrogens with zero attached hydrogens (tertiary/aromatic N) is 1. The van der Waals surface area contributed by atoms with Crippen molar-refractivity contribution in [2.24, 2.45) is 16.8 Å². The van der Waals surface area contributed by atoms with Gasteiger partial charge in [-0.05, 0) is 47.5 Å². The molecule has 0 spiro atoms. The van der Waals surface area contributed by atoms with Crippen LogP contribution in [0.1, 0.15) is 12.5 Å². The van der Waals surface area contributed by atoms with E-state index < -0.39 is 5.92 Å². The smallest absolute Gasteiger partial charge is 0.234 e. The van der Waals surface area contributed by atoms with Crippen LogP contribution in [0.15, 0.2) is 21.8 Å². The number of carbonyl (C=O) groups excluding carboxylic acids is 1. The first-order valence-electron chi connectivity index (χ1n) is 5.10. The fourth-order valence-corrected chi connectivity index (χ4v) is 1.92. The second kappa shape index (κ2) is 6.06. The molecule has 1 unspecified atom stereocenters. The summed E-state index contributed by atoms with van der Waals surface area (Å²) < 4.78 is 0.712. The van der Waals surface area contributed by atoms with Gasteiger partial charge in [0.25, 0.3) is 0 Å². The molecule has 0 aliphatic heterocycles. The number of amidine groups is 1. The van der Waals surface area contributed by atoms with Gasteiger partial charge in [-0.1, -0.05) is 16.8 Å². The minimum absolute atomic E-state index is 0.151. The van der Waals surface area contributed by atoms with Gasteiger partial charge in [0.15, 0.2) is 5.84 Å². The highest BCUT2D eigenvalue weighted by molar-refractivity contribution is 9.10. The summed E-state index contributed by atoms with van der Waals surface area (Å²) >= 11 is 9.31. The molecule has 0 saturated carbocycles. The SMILES string of the molecule is Cc1cc(Br)c(NC(=O)C(C)/C(N)=N/O)cc1Cl. The highest BCUT2D eigenvalue weighted by Crippen LogP contribution is 2.29. The van der Waals surface area contributed by atoms with E-state index in [2.05, 4.69) is 26.4 Å². The summed E-state index contributed by atoms with van der Waals surface area (Å²) in [7, 11) is 0. The molecule has 18 heavy (non-hydrogen) atoms. The Labute approximate surface area is 118 Å². The first-order valence-corrected chi connectivity index (χ1v) is 6.27. The molecule has 7 heteroatoms. The molecule has 0 aliphatic rings. The number of rotatable bonds is 3. The van der Waals surface area contributed by atoms with Crippen LogP contribution < -0.4 is 11.1 Å². The Morgan fingerprint density at radius 3 is 2.78 bits per heavy atom. The molecule has 0 aliphatic carbocycles. The quantitative estimate of drug-likeness (QED) is 0.344. The normalized spacial score (nSPS) is 13.2. The van der Waals surface area contributed by atoms with Crippen molar-refractivity contribution in [2.45, 2.75) is 13.8 Å². The first kappa shape index (κ1) is 14.8. The maximum atomic E-state index is 11.8. The van der Waals surface area contributed by atoms with E-state index in [1.165, 1.54) is 6.92 Å². The monoisotopic (exact) mass is 333 g/mol. The van der Waals surface area contributed by atoms with E-state index in [-0.39, 0.29) is 11.7 Å². The van der Waals surface area contributed by atoms with E-state index in [9.17, 15) is 4.79 Å². The summed E-state index contributed by atoms with van der Waals surface area (Å²) in [5.74, 6) is -1.27. The number of carbonyl (C=O) groups is 1. The van der Waals surface area contributed by atoms with Crippen LogP contribution in [0.25, 0.3) is 0 Å². The molecular weight excluding hydrogens is 321 g/mol. The second-order valence-electron chi connectivity index (χ2n) is 3.82. The Bertz CT molecular complexity index is 505. The Morgan fingerprint density at radius 1 is 1.61 bits per heavy atom. The van der Waals surface area contributed by atoms with Crippen molar-refractivity contribution in [1.29, 1.82) is 0 Å². The van der Waals surface area contributed by atoms with Crippen LogP contribution in [-0.2, 0) is 4.79 Å². The number of anilines is 1. The molecule has 1 amide bonds. The number of amides is 1. The lowest BCUT2D eigenvalue weighted by atomic mass is 10.1. The number of hydrogen-bond donors (Lipinski definition) is 3. The number of benzene rings is 1. The van der Waals surface area contributed by atoms with Gasteiger partial charge in [0, 0.05) is 9.50 Å². The van der Waals surface area contributed by atoms with Crippen LogP contribution >= 0.6 is 27.5 Å². The van der Waals surface area contributed by atoms with Gasteiger partial charge >= 0.3 is 0 Å². The largest absolute Gasteiger partial charge is 0.409 e. The summed E-state index contributed by atoms with van der Waals surface area (Å²) in [6.45, 7) is 3.39. The summed E-state index contributed by atoms with van der Waals surface area (Å²) in [5, 5.41) is 14.5. The minimum atomic E-state index is -0.734. The molecule has 0 heterocycles.